The van der Waals surface area contributed by atoms with Crippen LogP contribution in [0.15, 0.2) is 67.0 Å². The number of rotatable bonds is 5. The molecule has 3 aromatic rings. The van der Waals surface area contributed by atoms with E-state index in [1.54, 1.807) is 54.7 Å². The number of halogens is 1. The predicted octanol–water partition coefficient (Wildman–Crippen LogP) is 3.96. The van der Waals surface area contributed by atoms with E-state index < -0.39 is 0 Å². The number of aromatic nitrogens is 1. The molecule has 1 heterocycles. The Bertz CT molecular complexity index is 981. The molecule has 3 rings (SSSR count). The molecule has 0 unspecified atom stereocenters. The third-order valence-corrected chi connectivity index (χ3v) is 3.74. The number of carbonyl (C=O) groups excluding carboxylic acids is 1. The first-order chi connectivity index (χ1) is 12.7. The maximum Gasteiger partial charge on any atom is 0.257 e. The van der Waals surface area contributed by atoms with Gasteiger partial charge in [-0.15, -0.1) is 0 Å². The molecule has 1 amide bonds. The summed E-state index contributed by atoms with van der Waals surface area (Å²) in [6, 6.07) is 16.9. The number of anilines is 2. The summed E-state index contributed by atoms with van der Waals surface area (Å²) in [7, 11) is 0. The van der Waals surface area contributed by atoms with Gasteiger partial charge in [-0.25, -0.2) is 4.39 Å². The summed E-state index contributed by atoms with van der Waals surface area (Å²) in [5.74, 6) is -0.676. The van der Waals surface area contributed by atoms with Crippen LogP contribution in [0.25, 0.3) is 0 Å². The molecule has 5 nitrogen and oxygen atoms in total. The van der Waals surface area contributed by atoms with Crippen molar-refractivity contribution in [3.05, 3.63) is 89.5 Å². The van der Waals surface area contributed by atoms with Crippen molar-refractivity contribution in [1.29, 1.82) is 5.26 Å². The second-order valence-electron chi connectivity index (χ2n) is 5.52. The van der Waals surface area contributed by atoms with Crippen molar-refractivity contribution < 1.29 is 9.18 Å². The third-order valence-electron chi connectivity index (χ3n) is 3.74. The normalized spacial score (nSPS) is 10.0. The van der Waals surface area contributed by atoms with Crippen molar-refractivity contribution in [1.82, 2.24) is 4.98 Å². The third kappa shape index (κ3) is 4.02. The van der Waals surface area contributed by atoms with Crippen molar-refractivity contribution >= 4 is 17.3 Å². The number of nitrogens with one attached hydrogen (secondary N) is 2. The molecule has 1 aromatic heterocycles. The number of benzene rings is 2. The zero-order valence-corrected chi connectivity index (χ0v) is 13.7. The van der Waals surface area contributed by atoms with Gasteiger partial charge in [0.25, 0.3) is 5.91 Å². The Hall–Kier alpha value is -3.72. The Morgan fingerprint density at radius 2 is 1.88 bits per heavy atom. The lowest BCUT2D eigenvalue weighted by Crippen LogP contribution is -2.13. The molecular weight excluding hydrogens is 331 g/mol. The Labute approximate surface area is 150 Å². The van der Waals surface area contributed by atoms with Crippen molar-refractivity contribution in [2.75, 3.05) is 10.6 Å². The summed E-state index contributed by atoms with van der Waals surface area (Å²) in [4.78, 5) is 16.5. The maximum absolute atomic E-state index is 13.7. The van der Waals surface area contributed by atoms with Gasteiger partial charge in [-0.3, -0.25) is 9.78 Å². The minimum atomic E-state index is -0.380. The van der Waals surface area contributed by atoms with E-state index in [4.69, 9.17) is 5.26 Å². The quantitative estimate of drug-likeness (QED) is 0.733. The monoisotopic (exact) mass is 346 g/mol. The van der Waals surface area contributed by atoms with Crippen molar-refractivity contribution in [2.45, 2.75) is 6.54 Å². The van der Waals surface area contributed by atoms with Crippen LogP contribution in [0, 0.1) is 17.1 Å². The van der Waals surface area contributed by atoms with E-state index in [2.05, 4.69) is 15.6 Å². The Balaban J connectivity index is 1.71. The van der Waals surface area contributed by atoms with E-state index in [0.29, 0.717) is 28.1 Å². The van der Waals surface area contributed by atoms with Crippen LogP contribution in [0.5, 0.6) is 0 Å². The van der Waals surface area contributed by atoms with E-state index in [0.717, 1.165) is 0 Å². The van der Waals surface area contributed by atoms with Crippen LogP contribution in [-0.4, -0.2) is 10.9 Å². The van der Waals surface area contributed by atoms with E-state index in [1.807, 2.05) is 6.07 Å². The second-order valence-corrected chi connectivity index (χ2v) is 5.52. The molecule has 0 spiro atoms. The molecule has 2 N–H and O–H groups in total. The Morgan fingerprint density at radius 3 is 2.69 bits per heavy atom. The molecule has 0 saturated carbocycles. The van der Waals surface area contributed by atoms with Gasteiger partial charge in [-0.1, -0.05) is 30.3 Å². The van der Waals surface area contributed by atoms with Crippen LogP contribution in [0.4, 0.5) is 15.8 Å². The number of nitrogens with zero attached hydrogens (tertiary/aromatic N) is 2. The molecule has 128 valence electrons. The van der Waals surface area contributed by atoms with Gasteiger partial charge >= 0.3 is 0 Å². The molecule has 2 aromatic carbocycles. The van der Waals surface area contributed by atoms with Crippen LogP contribution in [0.1, 0.15) is 21.5 Å². The minimum absolute atomic E-state index is 0.274. The van der Waals surface area contributed by atoms with Crippen LogP contribution in [0.2, 0.25) is 0 Å². The highest BCUT2D eigenvalue weighted by molar-refractivity contribution is 6.05. The number of nitriles is 1. The summed E-state index contributed by atoms with van der Waals surface area (Å²) < 4.78 is 13.7. The minimum Gasteiger partial charge on any atom is -0.380 e. The van der Waals surface area contributed by atoms with Crippen LogP contribution in [-0.2, 0) is 6.54 Å². The summed E-state index contributed by atoms with van der Waals surface area (Å²) >= 11 is 0. The number of carbonyl (C=O) groups is 1. The van der Waals surface area contributed by atoms with Gasteiger partial charge in [0.05, 0.1) is 22.5 Å². The summed E-state index contributed by atoms with van der Waals surface area (Å²) in [5, 5.41) is 14.8. The van der Waals surface area contributed by atoms with Crippen molar-refractivity contribution in [2.24, 2.45) is 0 Å². The number of para-hydroxylation sites is 1. The number of hydrogen-bond acceptors (Lipinski definition) is 4. The number of hydrogen-bond donors (Lipinski definition) is 2. The highest BCUT2D eigenvalue weighted by atomic mass is 19.1. The van der Waals surface area contributed by atoms with Crippen LogP contribution < -0.4 is 10.6 Å². The van der Waals surface area contributed by atoms with E-state index in [9.17, 15) is 9.18 Å². The smallest absolute Gasteiger partial charge is 0.257 e. The van der Waals surface area contributed by atoms with Crippen LogP contribution >= 0.6 is 0 Å². The van der Waals surface area contributed by atoms with Gasteiger partial charge in [0, 0.05) is 24.5 Å². The lowest BCUT2D eigenvalue weighted by molar-refractivity contribution is 0.102. The lowest BCUT2D eigenvalue weighted by Gasteiger charge is -2.10. The SMILES string of the molecule is N#Cc1ccccc1NC(=O)c1cncc(NCc2ccccc2F)c1. The number of pyridine rings is 1. The topological polar surface area (TPSA) is 77.8 Å². The van der Waals surface area contributed by atoms with Gasteiger partial charge in [0.1, 0.15) is 11.9 Å². The van der Waals surface area contributed by atoms with E-state index in [-0.39, 0.29) is 18.3 Å². The molecule has 0 fully saturated rings. The fourth-order valence-corrected chi connectivity index (χ4v) is 2.38. The molecule has 6 heteroatoms. The fourth-order valence-electron chi connectivity index (χ4n) is 2.38. The maximum atomic E-state index is 13.7. The van der Waals surface area contributed by atoms with E-state index in [1.165, 1.54) is 12.3 Å². The molecular formula is C20H15FN4O. The molecule has 0 aliphatic heterocycles. The summed E-state index contributed by atoms with van der Waals surface area (Å²) in [6.45, 7) is 0.274. The largest absolute Gasteiger partial charge is 0.380 e. The first kappa shape index (κ1) is 17.1. The van der Waals surface area contributed by atoms with Crippen LogP contribution in [0.3, 0.4) is 0 Å². The first-order valence-electron chi connectivity index (χ1n) is 7.90. The van der Waals surface area contributed by atoms with Crippen molar-refractivity contribution in [3.63, 3.8) is 0 Å². The zero-order valence-electron chi connectivity index (χ0n) is 13.7. The summed E-state index contributed by atoms with van der Waals surface area (Å²) in [6.07, 6.45) is 2.99. The van der Waals surface area contributed by atoms with Gasteiger partial charge in [0.2, 0.25) is 0 Å². The molecule has 0 aliphatic carbocycles. The highest BCUT2D eigenvalue weighted by Crippen LogP contribution is 2.17. The fraction of sp³-hybridized carbons (Fsp3) is 0.0500. The highest BCUT2D eigenvalue weighted by Gasteiger charge is 2.10. The molecule has 0 atom stereocenters. The Morgan fingerprint density at radius 1 is 1.12 bits per heavy atom. The average Bonchev–Trinajstić information content (AvgIpc) is 2.68. The predicted molar refractivity (Wildman–Crippen MR) is 97.1 cm³/mol. The molecule has 0 aliphatic rings. The van der Waals surface area contributed by atoms with Gasteiger partial charge in [-0.05, 0) is 24.3 Å². The molecule has 0 bridgehead atoms. The van der Waals surface area contributed by atoms with Gasteiger partial charge < -0.3 is 10.6 Å². The average molecular weight is 346 g/mol. The zero-order chi connectivity index (χ0) is 18.4. The Kier molecular flexibility index (Phi) is 5.20. The standard InChI is InChI=1S/C20H15FN4O/c21-18-7-3-1-6-15(18)12-24-17-9-16(11-23-13-17)20(26)25-19-8-4-2-5-14(19)10-22/h1-9,11,13,24H,12H2,(H,25,26). The molecule has 0 radical (unpaired) electrons. The summed E-state index contributed by atoms with van der Waals surface area (Å²) in [5.41, 5.74) is 2.25. The lowest BCUT2D eigenvalue weighted by atomic mass is 10.1. The van der Waals surface area contributed by atoms with E-state index >= 15 is 0 Å². The number of amides is 1. The second kappa shape index (κ2) is 7.90. The van der Waals surface area contributed by atoms with Crippen molar-refractivity contribution in [3.8, 4) is 6.07 Å². The molecule has 26 heavy (non-hydrogen) atoms. The first-order valence-corrected chi connectivity index (χ1v) is 7.90. The van der Waals surface area contributed by atoms with Gasteiger partial charge in [0.15, 0.2) is 0 Å². The molecule has 0 saturated heterocycles. The van der Waals surface area contributed by atoms with Gasteiger partial charge in [-0.2, -0.15) is 5.26 Å².